The molecular formula is C33H42N4O4SSi. The van der Waals surface area contributed by atoms with Crippen LogP contribution in [0.15, 0.2) is 84.0 Å². The number of nitrogens with one attached hydrogen (secondary N) is 1. The van der Waals surface area contributed by atoms with Crippen LogP contribution in [0.3, 0.4) is 0 Å². The molecule has 0 bridgehead atoms. The number of carbonyl (C=O) groups excluding carboxylic acids is 1. The van der Waals surface area contributed by atoms with Crippen molar-refractivity contribution in [3.63, 3.8) is 0 Å². The molecule has 0 spiro atoms. The second-order valence-corrected chi connectivity index (χ2v) is 21.4. The summed E-state index contributed by atoms with van der Waals surface area (Å²) in [5.74, 6) is -0.582. The predicted molar refractivity (Wildman–Crippen MR) is 175 cm³/mol. The Morgan fingerprint density at radius 1 is 0.953 bits per heavy atom. The van der Waals surface area contributed by atoms with Crippen LogP contribution in [-0.2, 0) is 24.9 Å². The number of nitrogens with zero attached hydrogens (tertiary/aromatic N) is 3. The van der Waals surface area contributed by atoms with Crippen LogP contribution in [0.25, 0.3) is 21.6 Å². The number of carbonyl (C=O) groups is 1. The van der Waals surface area contributed by atoms with E-state index in [9.17, 15) is 13.2 Å². The first kappa shape index (κ1) is 32.5. The van der Waals surface area contributed by atoms with E-state index in [1.54, 1.807) is 20.8 Å². The molecule has 1 N–H and O–H groups in total. The van der Waals surface area contributed by atoms with Crippen molar-refractivity contribution >= 4 is 23.9 Å². The number of rotatable bonds is 12. The summed E-state index contributed by atoms with van der Waals surface area (Å²) in [7, 11) is -5.41. The van der Waals surface area contributed by atoms with Crippen LogP contribution >= 0.6 is 0 Å². The second kappa shape index (κ2) is 12.7. The van der Waals surface area contributed by atoms with Crippen molar-refractivity contribution in [1.29, 1.82) is 0 Å². The summed E-state index contributed by atoms with van der Waals surface area (Å²) >= 11 is 0. The molecule has 43 heavy (non-hydrogen) atoms. The van der Waals surface area contributed by atoms with Crippen LogP contribution in [0.1, 0.15) is 43.9 Å². The van der Waals surface area contributed by atoms with Gasteiger partial charge in [0.25, 0.3) is 0 Å². The summed E-state index contributed by atoms with van der Waals surface area (Å²) in [6.45, 7) is 11.5. The Bertz CT molecular complexity index is 1560. The molecule has 8 nitrogen and oxygen atoms in total. The molecule has 0 heterocycles. The number of hydrogen-bond acceptors (Lipinski definition) is 6. The van der Waals surface area contributed by atoms with Gasteiger partial charge in [-0.05, 0) is 66.6 Å². The Labute approximate surface area is 256 Å². The lowest BCUT2D eigenvalue weighted by Crippen LogP contribution is -2.54. The van der Waals surface area contributed by atoms with E-state index in [0.717, 1.165) is 27.8 Å². The Kier molecular flexibility index (Phi) is 9.56. The standard InChI is InChI=1S/C33H42N4O4SSi/c1-32(2,3)41-31(38)30(22-25(23-35-37-34)42(39,40)20-21-43(4,5)6)36-33(24-14-8-7-9-15-24)28-18-12-10-16-26(28)27-17-11-13-19-29(27)33/h7-19,25,30,36H,20-23H2,1-6H3/t25-,30+/m1/s1. The van der Waals surface area contributed by atoms with Gasteiger partial charge in [-0.3, -0.25) is 10.1 Å². The lowest BCUT2D eigenvalue weighted by Gasteiger charge is -2.38. The molecule has 1 aliphatic carbocycles. The molecule has 0 radical (unpaired) electrons. The average molecular weight is 619 g/mol. The Morgan fingerprint density at radius 3 is 2.00 bits per heavy atom. The zero-order valence-corrected chi connectivity index (χ0v) is 27.7. The smallest absolute Gasteiger partial charge is 0.323 e. The topological polar surface area (TPSA) is 121 Å². The van der Waals surface area contributed by atoms with E-state index in [-0.39, 0.29) is 18.7 Å². The van der Waals surface area contributed by atoms with Gasteiger partial charge >= 0.3 is 5.97 Å². The van der Waals surface area contributed by atoms with Crippen molar-refractivity contribution in [2.75, 3.05) is 12.3 Å². The molecule has 4 rings (SSSR count). The van der Waals surface area contributed by atoms with Crippen LogP contribution in [0.5, 0.6) is 0 Å². The largest absolute Gasteiger partial charge is 0.459 e. The van der Waals surface area contributed by atoms with Gasteiger partial charge in [0, 0.05) is 25.3 Å². The number of hydrogen-bond donors (Lipinski definition) is 1. The van der Waals surface area contributed by atoms with Gasteiger partial charge in [-0.2, -0.15) is 0 Å². The molecular weight excluding hydrogens is 577 g/mol. The van der Waals surface area contributed by atoms with Gasteiger partial charge in [0.15, 0.2) is 9.84 Å². The fourth-order valence-electron chi connectivity index (χ4n) is 5.66. The molecule has 228 valence electrons. The van der Waals surface area contributed by atoms with Crippen molar-refractivity contribution in [3.05, 3.63) is 106 Å². The zero-order valence-electron chi connectivity index (χ0n) is 25.9. The molecule has 10 heteroatoms. The summed E-state index contributed by atoms with van der Waals surface area (Å²) in [5.41, 5.74) is 12.3. The number of azide groups is 1. The maximum absolute atomic E-state index is 14.0. The highest BCUT2D eigenvalue weighted by Crippen LogP contribution is 2.51. The maximum Gasteiger partial charge on any atom is 0.323 e. The highest BCUT2D eigenvalue weighted by Gasteiger charge is 2.48. The SMILES string of the molecule is CC(C)(C)OC(=O)[C@H](C[C@H](CN=[N+]=[N-])S(=O)(=O)CC[Si](C)(C)C)NC1(c2ccccc2)c2ccccc2-c2ccccc21. The molecule has 3 aromatic rings. The molecule has 0 saturated heterocycles. The Morgan fingerprint density at radius 2 is 1.49 bits per heavy atom. The molecule has 0 saturated carbocycles. The van der Waals surface area contributed by atoms with Crippen molar-refractivity contribution in [2.24, 2.45) is 5.11 Å². The van der Waals surface area contributed by atoms with Gasteiger partial charge in [0.05, 0.1) is 10.8 Å². The fraction of sp³-hybridized carbons (Fsp3) is 0.424. The van der Waals surface area contributed by atoms with Crippen LogP contribution in [0.2, 0.25) is 25.7 Å². The van der Waals surface area contributed by atoms with Crippen LogP contribution < -0.4 is 5.32 Å². The van der Waals surface area contributed by atoms with Gasteiger partial charge < -0.3 is 4.74 Å². The van der Waals surface area contributed by atoms with Gasteiger partial charge in [0.1, 0.15) is 11.6 Å². The quantitative estimate of drug-likeness (QED) is 0.0764. The number of benzene rings is 3. The molecule has 1 aliphatic rings. The van der Waals surface area contributed by atoms with Gasteiger partial charge in [0.2, 0.25) is 0 Å². The fourth-order valence-corrected chi connectivity index (χ4v) is 10.4. The minimum Gasteiger partial charge on any atom is -0.459 e. The van der Waals surface area contributed by atoms with Gasteiger partial charge in [-0.15, -0.1) is 0 Å². The van der Waals surface area contributed by atoms with E-state index < -0.39 is 46.3 Å². The van der Waals surface area contributed by atoms with Crippen molar-refractivity contribution < 1.29 is 17.9 Å². The molecule has 0 aliphatic heterocycles. The molecule has 3 aromatic carbocycles. The van der Waals surface area contributed by atoms with E-state index in [4.69, 9.17) is 10.3 Å². The van der Waals surface area contributed by atoms with Crippen molar-refractivity contribution in [3.8, 4) is 11.1 Å². The number of ether oxygens (including phenoxy) is 1. The third kappa shape index (κ3) is 7.38. The highest BCUT2D eigenvalue weighted by atomic mass is 32.2. The summed E-state index contributed by atoms with van der Waals surface area (Å²) < 4.78 is 33.4. The summed E-state index contributed by atoms with van der Waals surface area (Å²) in [5, 5.41) is 6.28. The Hall–Kier alpha value is -3.43. The number of sulfone groups is 1. The second-order valence-electron chi connectivity index (χ2n) is 13.4. The van der Waals surface area contributed by atoms with E-state index in [1.807, 2.05) is 66.7 Å². The normalized spacial score (nSPS) is 15.5. The maximum atomic E-state index is 14.0. The molecule has 0 aromatic heterocycles. The third-order valence-electron chi connectivity index (χ3n) is 7.73. The number of esters is 1. The summed E-state index contributed by atoms with van der Waals surface area (Å²) in [6, 6.07) is 25.5. The first-order valence-electron chi connectivity index (χ1n) is 14.7. The number of fused-ring (bicyclic) bond motifs is 3. The van der Waals surface area contributed by atoms with E-state index in [0.29, 0.717) is 6.04 Å². The summed E-state index contributed by atoms with van der Waals surface area (Å²) in [4.78, 5) is 16.9. The first-order chi connectivity index (χ1) is 20.2. The third-order valence-corrected chi connectivity index (χ3v) is 12.0. The lowest BCUT2D eigenvalue weighted by atomic mass is 9.79. The minimum absolute atomic E-state index is 0.0229. The average Bonchev–Trinajstić information content (AvgIpc) is 3.23. The molecule has 0 unspecified atom stereocenters. The molecule has 2 atom stereocenters. The van der Waals surface area contributed by atoms with Gasteiger partial charge in [-0.25, -0.2) is 8.42 Å². The highest BCUT2D eigenvalue weighted by molar-refractivity contribution is 7.92. The van der Waals surface area contributed by atoms with Crippen LogP contribution in [-0.4, -0.2) is 51.7 Å². The van der Waals surface area contributed by atoms with E-state index >= 15 is 0 Å². The minimum atomic E-state index is -3.72. The zero-order chi connectivity index (χ0) is 31.5. The van der Waals surface area contributed by atoms with E-state index in [2.05, 4.69) is 47.1 Å². The lowest BCUT2D eigenvalue weighted by molar-refractivity contribution is -0.158. The summed E-state index contributed by atoms with van der Waals surface area (Å²) in [6.07, 6.45) is -0.110. The van der Waals surface area contributed by atoms with Gasteiger partial charge in [-0.1, -0.05) is 104 Å². The van der Waals surface area contributed by atoms with Crippen molar-refractivity contribution in [2.45, 2.75) is 75.3 Å². The Balaban J connectivity index is 1.88. The molecule has 0 fully saturated rings. The van der Waals surface area contributed by atoms with Crippen LogP contribution in [0, 0.1) is 0 Å². The predicted octanol–water partition coefficient (Wildman–Crippen LogP) is 7.08. The van der Waals surface area contributed by atoms with Crippen molar-refractivity contribution in [1.82, 2.24) is 5.32 Å². The van der Waals surface area contributed by atoms with E-state index in [1.165, 1.54) is 0 Å². The monoisotopic (exact) mass is 618 g/mol. The van der Waals surface area contributed by atoms with Crippen LogP contribution in [0.4, 0.5) is 0 Å². The molecule has 0 amide bonds. The first-order valence-corrected chi connectivity index (χ1v) is 20.1.